The lowest BCUT2D eigenvalue weighted by molar-refractivity contribution is -0.191. The van der Waals surface area contributed by atoms with Gasteiger partial charge >= 0.3 is 0 Å². The molecule has 5 rings (SSSR count). The highest BCUT2D eigenvalue weighted by Gasteiger charge is 2.56. The van der Waals surface area contributed by atoms with E-state index >= 15 is 0 Å². The van der Waals surface area contributed by atoms with Crippen LogP contribution in [-0.2, 0) is 14.2 Å². The van der Waals surface area contributed by atoms with Crippen LogP contribution < -0.4 is 0 Å². The zero-order valence-corrected chi connectivity index (χ0v) is 15.4. The van der Waals surface area contributed by atoms with Crippen LogP contribution in [0.2, 0.25) is 0 Å². The molecule has 4 atom stereocenters. The van der Waals surface area contributed by atoms with Crippen molar-refractivity contribution in [1.82, 2.24) is 19.6 Å². The van der Waals surface area contributed by atoms with Gasteiger partial charge in [0.15, 0.2) is 17.1 Å². The molecule has 0 aromatic carbocycles. The summed E-state index contributed by atoms with van der Waals surface area (Å²) in [4.78, 5) is 7.86. The van der Waals surface area contributed by atoms with E-state index in [-0.39, 0.29) is 12.3 Å². The Balaban J connectivity index is 1.71. The average molecular weight is 381 g/mol. The van der Waals surface area contributed by atoms with Crippen LogP contribution in [-0.4, -0.2) is 55.4 Å². The third-order valence-electron chi connectivity index (χ3n) is 5.08. The van der Waals surface area contributed by atoms with Crippen LogP contribution in [0.1, 0.15) is 31.3 Å². The van der Waals surface area contributed by atoms with Gasteiger partial charge < -0.3 is 24.3 Å². The Hall–Kier alpha value is -2.77. The van der Waals surface area contributed by atoms with Gasteiger partial charge in [0.1, 0.15) is 41.9 Å². The molecule has 2 saturated heterocycles. The van der Waals surface area contributed by atoms with Crippen molar-refractivity contribution in [3.63, 3.8) is 0 Å². The number of aromatic nitrogens is 4. The molecule has 2 fully saturated rings. The first kappa shape index (κ1) is 17.3. The van der Waals surface area contributed by atoms with Crippen LogP contribution in [0.3, 0.4) is 0 Å². The first-order valence-corrected chi connectivity index (χ1v) is 9.06. The van der Waals surface area contributed by atoms with Crippen molar-refractivity contribution < 1.29 is 19.3 Å². The van der Waals surface area contributed by atoms with E-state index in [1.54, 1.807) is 16.6 Å². The summed E-state index contributed by atoms with van der Waals surface area (Å²) in [6.45, 7) is 3.48. The molecule has 2 aliphatic heterocycles. The summed E-state index contributed by atoms with van der Waals surface area (Å²) in [6.07, 6.45) is -0.138. The van der Waals surface area contributed by atoms with E-state index in [4.69, 9.17) is 19.2 Å². The van der Waals surface area contributed by atoms with Gasteiger partial charge in [-0.3, -0.25) is 0 Å². The van der Waals surface area contributed by atoms with Gasteiger partial charge in [-0.25, -0.2) is 9.50 Å². The number of nitrogens with one attached hydrogen (secondary N) is 1. The van der Waals surface area contributed by atoms with Gasteiger partial charge in [0, 0.05) is 6.20 Å². The smallest absolute Gasteiger partial charge is 0.164 e. The third-order valence-corrected chi connectivity index (χ3v) is 5.08. The highest BCUT2D eigenvalue weighted by atomic mass is 16.8. The van der Waals surface area contributed by atoms with E-state index < -0.39 is 30.2 Å². The molecule has 9 nitrogen and oxygen atoms in total. The van der Waals surface area contributed by atoms with Crippen molar-refractivity contribution in [3.05, 3.63) is 41.9 Å². The van der Waals surface area contributed by atoms with E-state index in [0.717, 1.165) is 5.69 Å². The van der Waals surface area contributed by atoms with Gasteiger partial charge in [0.2, 0.25) is 0 Å². The number of aliphatic hydroxyl groups excluding tert-OH is 1. The Kier molecular flexibility index (Phi) is 3.79. The van der Waals surface area contributed by atoms with Crippen molar-refractivity contribution in [1.29, 1.82) is 5.26 Å². The Morgan fingerprint density at radius 3 is 2.82 bits per heavy atom. The lowest BCUT2D eigenvalue weighted by atomic mass is 10.0. The number of hydrogen-bond acceptors (Lipinski definition) is 7. The quantitative estimate of drug-likeness (QED) is 0.707. The van der Waals surface area contributed by atoms with Crippen LogP contribution >= 0.6 is 0 Å². The van der Waals surface area contributed by atoms with Crippen LogP contribution in [0.5, 0.6) is 0 Å². The topological polar surface area (TPSA) is 118 Å². The molecule has 3 aromatic heterocycles. The van der Waals surface area contributed by atoms with Crippen molar-refractivity contribution in [2.24, 2.45) is 0 Å². The Morgan fingerprint density at radius 2 is 2.11 bits per heavy atom. The van der Waals surface area contributed by atoms with Crippen molar-refractivity contribution >= 4 is 5.65 Å². The van der Waals surface area contributed by atoms with Gasteiger partial charge in [0.05, 0.1) is 12.3 Å². The number of ether oxygens (including phenoxy) is 3. The first-order valence-electron chi connectivity index (χ1n) is 9.06. The second-order valence-corrected chi connectivity index (χ2v) is 7.37. The van der Waals surface area contributed by atoms with Crippen molar-refractivity contribution in [2.75, 3.05) is 6.61 Å². The van der Waals surface area contributed by atoms with Crippen LogP contribution in [0.4, 0.5) is 0 Å². The van der Waals surface area contributed by atoms with E-state index in [1.165, 1.54) is 0 Å². The molecule has 0 unspecified atom stereocenters. The monoisotopic (exact) mass is 381 g/mol. The maximum Gasteiger partial charge on any atom is 0.164 e. The minimum Gasteiger partial charge on any atom is -0.394 e. The molecule has 144 valence electrons. The minimum atomic E-state index is -0.789. The normalized spacial score (nSPS) is 28.5. The highest BCUT2D eigenvalue weighted by Crippen LogP contribution is 2.46. The molecule has 0 bridgehead atoms. The molecule has 9 heteroatoms. The van der Waals surface area contributed by atoms with E-state index in [9.17, 15) is 10.4 Å². The summed E-state index contributed by atoms with van der Waals surface area (Å²) in [5.74, 6) is -0.789. The summed E-state index contributed by atoms with van der Waals surface area (Å²) in [5.41, 5.74) is 2.96. The molecule has 0 radical (unpaired) electrons. The lowest BCUT2D eigenvalue weighted by Crippen LogP contribution is -2.31. The Labute approximate surface area is 160 Å². The fourth-order valence-corrected chi connectivity index (χ4v) is 3.99. The standard InChI is InChI=1S/C19H19N5O4/c1-19(2)27-16-12(9-25)26-17(18(16)28-19)15-14(11-4-3-7-21-11)22-13-6-5-10(8-20)23-24(13)15/h3-7,12,16-18,21,25H,9H2,1-2H3/t12-,16-,17+,18-/m1/s1. The SMILES string of the molecule is CC1(C)O[C@@H]2[C@H](O1)[C@@H](CO)O[C@H]2c1c(-c2ccc[nH]2)nc2ccc(C#N)nn12. The molecule has 2 N–H and O–H groups in total. The Morgan fingerprint density at radius 1 is 1.29 bits per heavy atom. The number of rotatable bonds is 3. The summed E-state index contributed by atoms with van der Waals surface area (Å²) < 4.78 is 19.8. The zero-order valence-electron chi connectivity index (χ0n) is 15.4. The summed E-state index contributed by atoms with van der Waals surface area (Å²) in [7, 11) is 0. The predicted molar refractivity (Wildman–Crippen MR) is 96.0 cm³/mol. The number of H-pyrrole nitrogens is 1. The van der Waals surface area contributed by atoms with E-state index in [0.29, 0.717) is 17.0 Å². The molecule has 3 aromatic rings. The number of aliphatic hydroxyl groups is 1. The molecule has 0 aliphatic carbocycles. The first-order chi connectivity index (χ1) is 13.5. The molecule has 0 saturated carbocycles. The van der Waals surface area contributed by atoms with Gasteiger partial charge in [-0.05, 0) is 38.1 Å². The number of nitriles is 1. The van der Waals surface area contributed by atoms with Gasteiger partial charge in [-0.2, -0.15) is 10.4 Å². The van der Waals surface area contributed by atoms with Crippen LogP contribution in [0.15, 0.2) is 30.5 Å². The maximum atomic E-state index is 9.80. The fourth-order valence-electron chi connectivity index (χ4n) is 3.99. The van der Waals surface area contributed by atoms with Gasteiger partial charge in [-0.15, -0.1) is 0 Å². The summed E-state index contributed by atoms with van der Waals surface area (Å²) in [6, 6.07) is 9.21. The zero-order chi connectivity index (χ0) is 19.5. The minimum absolute atomic E-state index is 0.192. The molecule has 0 spiro atoms. The Bertz CT molecular complexity index is 1070. The highest BCUT2D eigenvalue weighted by molar-refractivity contribution is 5.64. The van der Waals surface area contributed by atoms with E-state index in [1.807, 2.05) is 32.2 Å². The summed E-state index contributed by atoms with van der Waals surface area (Å²) in [5, 5.41) is 23.5. The molecular weight excluding hydrogens is 362 g/mol. The van der Waals surface area contributed by atoms with E-state index in [2.05, 4.69) is 16.2 Å². The van der Waals surface area contributed by atoms with Crippen molar-refractivity contribution in [2.45, 2.75) is 44.1 Å². The number of hydrogen-bond donors (Lipinski definition) is 2. The second-order valence-electron chi connectivity index (χ2n) is 7.37. The largest absolute Gasteiger partial charge is 0.394 e. The van der Waals surface area contributed by atoms with Crippen LogP contribution in [0, 0.1) is 11.3 Å². The average Bonchev–Trinajstić information content (AvgIpc) is 3.42. The third kappa shape index (κ3) is 2.54. The second kappa shape index (κ2) is 6.12. The number of imidazole rings is 1. The van der Waals surface area contributed by atoms with Gasteiger partial charge in [0.25, 0.3) is 0 Å². The maximum absolute atomic E-state index is 9.80. The lowest BCUT2D eigenvalue weighted by Gasteiger charge is -2.23. The number of fused-ring (bicyclic) bond motifs is 2. The van der Waals surface area contributed by atoms with Gasteiger partial charge in [-0.1, -0.05) is 0 Å². The predicted octanol–water partition coefficient (Wildman–Crippen LogP) is 1.55. The fraction of sp³-hybridized carbons (Fsp3) is 0.421. The van der Waals surface area contributed by atoms with Crippen LogP contribution in [0.25, 0.3) is 17.0 Å². The molecule has 5 heterocycles. The summed E-state index contributed by atoms with van der Waals surface area (Å²) >= 11 is 0. The number of aromatic amines is 1. The molecule has 2 aliphatic rings. The molecule has 28 heavy (non-hydrogen) atoms. The van der Waals surface area contributed by atoms with Crippen molar-refractivity contribution in [3.8, 4) is 17.5 Å². The molecule has 0 amide bonds. The molecular formula is C19H19N5O4. The number of nitrogens with zero attached hydrogens (tertiary/aromatic N) is 4.